The van der Waals surface area contributed by atoms with Gasteiger partial charge in [0, 0.05) is 49.1 Å². The summed E-state index contributed by atoms with van der Waals surface area (Å²) >= 11 is 0. The Bertz CT molecular complexity index is 741. The van der Waals surface area contributed by atoms with E-state index in [0.29, 0.717) is 12.5 Å². The fourth-order valence-electron chi connectivity index (χ4n) is 4.05. The van der Waals surface area contributed by atoms with Crippen LogP contribution in [0.5, 0.6) is 0 Å². The summed E-state index contributed by atoms with van der Waals surface area (Å²) in [7, 11) is 0. The number of amides is 2. The number of urea groups is 1. The number of rotatable bonds is 4. The zero-order valence-corrected chi connectivity index (χ0v) is 14.5. The van der Waals surface area contributed by atoms with Gasteiger partial charge in [-0.2, -0.15) is 5.10 Å². The third-order valence-electron chi connectivity index (χ3n) is 5.39. The van der Waals surface area contributed by atoms with Crippen molar-refractivity contribution >= 4 is 6.03 Å². The van der Waals surface area contributed by atoms with Gasteiger partial charge in [-0.15, -0.1) is 0 Å². The van der Waals surface area contributed by atoms with Gasteiger partial charge in [0.05, 0.1) is 6.10 Å². The number of carbonyl (C=O) groups is 1. The van der Waals surface area contributed by atoms with Gasteiger partial charge in [0.2, 0.25) is 0 Å². The minimum atomic E-state index is -0.139. The van der Waals surface area contributed by atoms with E-state index in [0.717, 1.165) is 24.4 Å². The quantitative estimate of drug-likeness (QED) is 0.890. The van der Waals surface area contributed by atoms with Gasteiger partial charge in [-0.3, -0.25) is 0 Å². The van der Waals surface area contributed by atoms with Crippen molar-refractivity contribution in [1.29, 1.82) is 0 Å². The van der Waals surface area contributed by atoms with Crippen molar-refractivity contribution in [2.45, 2.75) is 39.0 Å². The molecule has 7 nitrogen and oxygen atoms in total. The van der Waals surface area contributed by atoms with E-state index in [1.165, 1.54) is 0 Å². The predicted octanol–water partition coefficient (Wildman–Crippen LogP) is 1.88. The molecular weight excluding hydrogens is 318 g/mol. The first-order valence-electron chi connectivity index (χ1n) is 8.66. The average Bonchev–Trinajstić information content (AvgIpc) is 3.29. The molecule has 2 aliphatic rings. The van der Waals surface area contributed by atoms with Crippen molar-refractivity contribution in [1.82, 2.24) is 25.4 Å². The highest BCUT2D eigenvalue weighted by atomic mass is 16.5. The topological polar surface area (TPSA) is 81.1 Å². The first-order valence-corrected chi connectivity index (χ1v) is 8.66. The van der Waals surface area contributed by atoms with Crippen LogP contribution in [0.3, 0.4) is 0 Å². The van der Waals surface area contributed by atoms with Crippen molar-refractivity contribution in [3.63, 3.8) is 0 Å². The maximum absolute atomic E-state index is 12.3. The number of ether oxygens (including phenoxy) is 1. The Labute approximate surface area is 146 Å². The number of aromatic nitrogens is 3. The molecule has 0 bridgehead atoms. The lowest BCUT2D eigenvalue weighted by Crippen LogP contribution is -2.67. The van der Waals surface area contributed by atoms with Crippen LogP contribution in [0, 0.1) is 11.3 Å². The minimum absolute atomic E-state index is 0.00846. The summed E-state index contributed by atoms with van der Waals surface area (Å²) in [4.78, 5) is 16.6. The van der Waals surface area contributed by atoms with Crippen molar-refractivity contribution < 1.29 is 9.53 Å². The van der Waals surface area contributed by atoms with Crippen LogP contribution in [0.4, 0.5) is 4.79 Å². The van der Waals surface area contributed by atoms with Crippen LogP contribution in [0.1, 0.15) is 25.8 Å². The minimum Gasteiger partial charge on any atom is -0.377 e. The number of pyridine rings is 1. The van der Waals surface area contributed by atoms with E-state index in [9.17, 15) is 4.79 Å². The summed E-state index contributed by atoms with van der Waals surface area (Å²) < 4.78 is 7.46. The van der Waals surface area contributed by atoms with Crippen molar-refractivity contribution in [3.8, 4) is 5.82 Å². The van der Waals surface area contributed by atoms with Crippen LogP contribution in [-0.2, 0) is 11.3 Å². The Morgan fingerprint density at radius 3 is 3.04 bits per heavy atom. The molecular formula is C18H23N5O2. The smallest absolute Gasteiger partial charge is 0.315 e. The zero-order chi connectivity index (χ0) is 17.4. The molecule has 25 heavy (non-hydrogen) atoms. The van der Waals surface area contributed by atoms with Crippen LogP contribution in [0.25, 0.3) is 5.82 Å². The molecule has 1 saturated carbocycles. The maximum atomic E-state index is 12.3. The van der Waals surface area contributed by atoms with Gasteiger partial charge < -0.3 is 15.4 Å². The van der Waals surface area contributed by atoms with Crippen LogP contribution >= 0.6 is 0 Å². The molecule has 2 amide bonds. The number of carbonyl (C=O) groups excluding carboxylic acids is 1. The normalized spacial score (nSPS) is 26.6. The Balaban J connectivity index is 1.30. The second-order valence-electron chi connectivity index (χ2n) is 7.35. The lowest BCUT2D eigenvalue weighted by molar-refractivity contribution is -0.108. The molecule has 7 heteroatoms. The molecule has 3 heterocycles. The molecule has 0 aromatic carbocycles. The van der Waals surface area contributed by atoms with Gasteiger partial charge in [-0.25, -0.2) is 14.5 Å². The number of fused-ring (bicyclic) bond motifs is 1. The summed E-state index contributed by atoms with van der Waals surface area (Å²) in [6.07, 6.45) is 6.61. The third kappa shape index (κ3) is 2.89. The van der Waals surface area contributed by atoms with Gasteiger partial charge in [0.1, 0.15) is 0 Å². The highest BCUT2D eigenvalue weighted by Gasteiger charge is 2.59. The van der Waals surface area contributed by atoms with Crippen molar-refractivity contribution in [3.05, 3.63) is 42.4 Å². The number of hydrogen-bond acceptors (Lipinski definition) is 4. The molecule has 132 valence electrons. The zero-order valence-electron chi connectivity index (χ0n) is 14.5. The lowest BCUT2D eigenvalue weighted by Gasteiger charge is -2.54. The largest absolute Gasteiger partial charge is 0.377 e. The Morgan fingerprint density at radius 2 is 2.32 bits per heavy atom. The number of nitrogens with zero attached hydrogens (tertiary/aromatic N) is 3. The number of hydrogen-bond donors (Lipinski definition) is 2. The van der Waals surface area contributed by atoms with Gasteiger partial charge in [-0.05, 0) is 24.1 Å². The second kappa shape index (κ2) is 6.15. The van der Waals surface area contributed by atoms with Crippen molar-refractivity contribution in [2.75, 3.05) is 6.61 Å². The average molecular weight is 341 g/mol. The first kappa shape index (κ1) is 16.1. The Kier molecular flexibility index (Phi) is 3.95. The number of nitrogens with one attached hydrogen (secondary N) is 2. The molecule has 2 aromatic heterocycles. The van der Waals surface area contributed by atoms with Crippen molar-refractivity contribution in [2.24, 2.45) is 11.3 Å². The molecule has 2 fully saturated rings. The summed E-state index contributed by atoms with van der Waals surface area (Å²) in [5.74, 6) is 1.19. The first-order chi connectivity index (χ1) is 12.1. The van der Waals surface area contributed by atoms with E-state index in [-0.39, 0.29) is 23.6 Å². The monoisotopic (exact) mass is 341 g/mol. The van der Waals surface area contributed by atoms with Crippen LogP contribution < -0.4 is 10.6 Å². The molecule has 1 aliphatic heterocycles. The van der Waals surface area contributed by atoms with E-state index in [1.54, 1.807) is 17.1 Å². The molecule has 2 aromatic rings. The maximum Gasteiger partial charge on any atom is 0.315 e. The van der Waals surface area contributed by atoms with E-state index >= 15 is 0 Å². The van der Waals surface area contributed by atoms with E-state index < -0.39 is 0 Å². The molecule has 1 aliphatic carbocycles. The summed E-state index contributed by atoms with van der Waals surface area (Å²) in [6.45, 7) is 5.55. The van der Waals surface area contributed by atoms with Crippen LogP contribution in [-0.4, -0.2) is 39.5 Å². The highest BCUT2D eigenvalue weighted by Crippen LogP contribution is 2.52. The molecule has 4 rings (SSSR count). The van der Waals surface area contributed by atoms with Gasteiger partial charge in [-0.1, -0.05) is 19.9 Å². The van der Waals surface area contributed by atoms with E-state index in [1.807, 2.05) is 24.4 Å². The van der Waals surface area contributed by atoms with Gasteiger partial charge in [0.25, 0.3) is 0 Å². The predicted molar refractivity (Wildman–Crippen MR) is 92.1 cm³/mol. The van der Waals surface area contributed by atoms with E-state index in [4.69, 9.17) is 4.74 Å². The van der Waals surface area contributed by atoms with E-state index in [2.05, 4.69) is 34.6 Å². The standard InChI is InChI=1S/C18H23N5O2/c1-18(2)15(13-6-9-25-16(13)18)22-17(24)20-11-12-4-5-14(19-10-12)23-8-3-7-21-23/h3-5,7-8,10,13,15-16H,6,9,11H2,1-2H3,(H2,20,22,24). The Hall–Kier alpha value is -2.41. The third-order valence-corrected chi connectivity index (χ3v) is 5.39. The molecule has 0 radical (unpaired) electrons. The highest BCUT2D eigenvalue weighted by molar-refractivity contribution is 5.74. The van der Waals surface area contributed by atoms with Crippen LogP contribution in [0.2, 0.25) is 0 Å². The SMILES string of the molecule is CC1(C)C(NC(=O)NCc2ccc(-n3cccn3)nc2)C2CCOC21. The summed E-state index contributed by atoms with van der Waals surface area (Å²) in [5, 5.41) is 10.2. The Morgan fingerprint density at radius 1 is 1.44 bits per heavy atom. The summed E-state index contributed by atoms with van der Waals surface area (Å²) in [6, 6.07) is 5.71. The van der Waals surface area contributed by atoms with Crippen LogP contribution in [0.15, 0.2) is 36.8 Å². The van der Waals surface area contributed by atoms with Gasteiger partial charge >= 0.3 is 6.03 Å². The summed E-state index contributed by atoms with van der Waals surface area (Å²) in [5.41, 5.74) is 0.937. The molecule has 1 saturated heterocycles. The molecule has 2 N–H and O–H groups in total. The lowest BCUT2D eigenvalue weighted by atomic mass is 9.57. The van der Waals surface area contributed by atoms with Gasteiger partial charge in [0.15, 0.2) is 5.82 Å². The molecule has 3 unspecified atom stereocenters. The molecule has 3 atom stereocenters. The second-order valence-corrected chi connectivity index (χ2v) is 7.35. The fraction of sp³-hybridized carbons (Fsp3) is 0.500. The fourth-order valence-corrected chi connectivity index (χ4v) is 4.05. The molecule has 0 spiro atoms.